The van der Waals surface area contributed by atoms with Crippen LogP contribution in [0.2, 0.25) is 0 Å². The Morgan fingerprint density at radius 3 is 1.38 bits per heavy atom. The monoisotopic (exact) mass is 676 g/mol. The number of hydrogen-bond acceptors (Lipinski definition) is 2. The van der Waals surface area contributed by atoms with Gasteiger partial charge in [0, 0.05) is 0 Å². The van der Waals surface area contributed by atoms with Gasteiger partial charge in [0.15, 0.2) is 0 Å². The third kappa shape index (κ3) is 9.04. The Hall–Kier alpha value is -1.42. The minimum Gasteiger partial charge on any atom is -0.333 e. The topological polar surface area (TPSA) is 82.3 Å². The van der Waals surface area contributed by atoms with Crippen molar-refractivity contribution >= 4 is 81.7 Å². The Balaban J connectivity index is 1.70. The third-order valence-corrected chi connectivity index (χ3v) is 7.97. The average Bonchev–Trinajstić information content (AvgIpc) is 2.84. The van der Waals surface area contributed by atoms with Gasteiger partial charge >= 0.3 is 12.1 Å². The van der Waals surface area contributed by atoms with Gasteiger partial charge in [-0.25, -0.2) is 18.4 Å². The SMILES string of the molecule is Cc1ccc([C@@H](NC(=O)N[C@H]2CCCC[C@@H]2NC(=O)N[C@@H](c2ccc(C)c(F)c2)C(Cl)(Cl)Cl)C(Cl)(Cl)Cl)cc1F. The number of carbonyl (C=O) groups is 2. The van der Waals surface area contributed by atoms with E-state index in [0.29, 0.717) is 24.0 Å². The van der Waals surface area contributed by atoms with Crippen LogP contribution in [0.25, 0.3) is 0 Å². The molecule has 2 aromatic rings. The van der Waals surface area contributed by atoms with Crippen LogP contribution < -0.4 is 21.3 Å². The Morgan fingerprint density at radius 2 is 1.07 bits per heavy atom. The summed E-state index contributed by atoms with van der Waals surface area (Å²) in [6.07, 6.45) is 2.68. The molecular formula is C26H28Cl6F2N4O2. The van der Waals surface area contributed by atoms with Gasteiger partial charge in [-0.1, -0.05) is 107 Å². The number of aryl methyl sites for hydroxylation is 2. The predicted octanol–water partition coefficient (Wildman–Crippen LogP) is 8.01. The van der Waals surface area contributed by atoms with Gasteiger partial charge in [-0.15, -0.1) is 0 Å². The molecule has 0 aliphatic heterocycles. The highest BCUT2D eigenvalue weighted by Crippen LogP contribution is 2.41. The van der Waals surface area contributed by atoms with Gasteiger partial charge in [0.2, 0.25) is 7.59 Å². The Kier molecular flexibility index (Phi) is 11.3. The van der Waals surface area contributed by atoms with Gasteiger partial charge in [0.25, 0.3) is 0 Å². The smallest absolute Gasteiger partial charge is 0.315 e. The molecule has 220 valence electrons. The van der Waals surface area contributed by atoms with Crippen LogP contribution in [-0.2, 0) is 0 Å². The van der Waals surface area contributed by atoms with Crippen molar-refractivity contribution in [1.82, 2.24) is 21.3 Å². The molecule has 0 bridgehead atoms. The summed E-state index contributed by atoms with van der Waals surface area (Å²) in [6.45, 7) is 3.18. The number of hydrogen-bond donors (Lipinski definition) is 4. The van der Waals surface area contributed by atoms with E-state index in [1.54, 1.807) is 26.0 Å². The lowest BCUT2D eigenvalue weighted by atomic mass is 9.90. The van der Waals surface area contributed by atoms with Gasteiger partial charge in [0.05, 0.1) is 12.1 Å². The van der Waals surface area contributed by atoms with Gasteiger partial charge in [-0.05, 0) is 61.1 Å². The summed E-state index contributed by atoms with van der Waals surface area (Å²) in [7, 11) is 0. The van der Waals surface area contributed by atoms with Crippen molar-refractivity contribution in [2.75, 3.05) is 0 Å². The van der Waals surface area contributed by atoms with Crippen LogP contribution in [-0.4, -0.2) is 31.7 Å². The zero-order valence-corrected chi connectivity index (χ0v) is 26.0. The molecule has 2 aromatic carbocycles. The summed E-state index contributed by atoms with van der Waals surface area (Å²) in [5.74, 6) is -1.02. The van der Waals surface area contributed by atoms with E-state index >= 15 is 0 Å². The number of benzene rings is 2. The molecule has 6 nitrogen and oxygen atoms in total. The van der Waals surface area contributed by atoms with E-state index in [-0.39, 0.29) is 11.1 Å². The first-order chi connectivity index (χ1) is 18.6. The molecular weight excluding hydrogens is 651 g/mol. The third-order valence-electron chi connectivity index (χ3n) is 6.66. The molecule has 3 rings (SSSR count). The largest absolute Gasteiger partial charge is 0.333 e. The molecule has 1 saturated carbocycles. The number of halogens is 8. The standard InChI is InChI=1S/C26H28Cl6F2N4O2/c1-13-7-9-15(11-17(13)33)21(25(27,28)29)37-23(39)35-19-5-3-4-6-20(19)36-24(40)38-22(26(30,31)32)16-10-8-14(2)18(34)12-16/h7-12,19-22H,3-6H2,1-2H3,(H2,35,37,39)(H2,36,38,40)/t19-,20-,21-,22+/m0/s1. The van der Waals surface area contributed by atoms with E-state index in [4.69, 9.17) is 69.6 Å². The first-order valence-electron chi connectivity index (χ1n) is 12.4. The number of amides is 4. The minimum absolute atomic E-state index is 0.265. The molecule has 4 amide bonds. The maximum atomic E-state index is 14.2. The molecule has 1 fully saturated rings. The molecule has 4 atom stereocenters. The summed E-state index contributed by atoms with van der Waals surface area (Å²) in [5, 5.41) is 10.8. The lowest BCUT2D eigenvalue weighted by Crippen LogP contribution is -2.58. The van der Waals surface area contributed by atoms with E-state index in [9.17, 15) is 18.4 Å². The van der Waals surface area contributed by atoms with Gasteiger partial charge < -0.3 is 21.3 Å². The van der Waals surface area contributed by atoms with Gasteiger partial charge in [-0.3, -0.25) is 0 Å². The molecule has 0 saturated heterocycles. The quantitative estimate of drug-likeness (QED) is 0.234. The summed E-state index contributed by atoms with van der Waals surface area (Å²) in [5.41, 5.74) is 1.33. The number of urea groups is 2. The van der Waals surface area contributed by atoms with Crippen LogP contribution in [0, 0.1) is 25.5 Å². The van der Waals surface area contributed by atoms with Gasteiger partial charge in [-0.2, -0.15) is 0 Å². The highest BCUT2D eigenvalue weighted by atomic mass is 35.6. The van der Waals surface area contributed by atoms with Crippen LogP contribution in [0.1, 0.15) is 60.0 Å². The van der Waals surface area contributed by atoms with E-state index in [0.717, 1.165) is 12.8 Å². The van der Waals surface area contributed by atoms with Crippen molar-refractivity contribution in [3.05, 3.63) is 70.3 Å². The highest BCUT2D eigenvalue weighted by Gasteiger charge is 2.38. The molecule has 0 heterocycles. The van der Waals surface area contributed by atoms with Crippen molar-refractivity contribution in [2.45, 2.75) is 71.3 Å². The van der Waals surface area contributed by atoms with Crippen LogP contribution in [0.15, 0.2) is 36.4 Å². The zero-order valence-electron chi connectivity index (χ0n) is 21.4. The Morgan fingerprint density at radius 1 is 0.725 bits per heavy atom. The highest BCUT2D eigenvalue weighted by molar-refractivity contribution is 6.68. The summed E-state index contributed by atoms with van der Waals surface area (Å²) in [6, 6.07) is 3.88. The van der Waals surface area contributed by atoms with Crippen molar-refractivity contribution in [3.63, 3.8) is 0 Å². The van der Waals surface area contributed by atoms with Crippen LogP contribution in [0.5, 0.6) is 0 Å². The Bertz CT molecular complexity index is 1130. The van der Waals surface area contributed by atoms with E-state index in [2.05, 4.69) is 21.3 Å². The van der Waals surface area contributed by atoms with Crippen molar-refractivity contribution in [3.8, 4) is 0 Å². The van der Waals surface area contributed by atoms with Crippen molar-refractivity contribution < 1.29 is 18.4 Å². The molecule has 0 radical (unpaired) electrons. The van der Waals surface area contributed by atoms with E-state index in [1.807, 2.05) is 0 Å². The second kappa shape index (κ2) is 13.7. The van der Waals surface area contributed by atoms with Crippen LogP contribution in [0.3, 0.4) is 0 Å². The lowest BCUT2D eigenvalue weighted by Gasteiger charge is -2.35. The summed E-state index contributed by atoms with van der Waals surface area (Å²) in [4.78, 5) is 25.9. The number of alkyl halides is 6. The maximum Gasteiger partial charge on any atom is 0.315 e. The molecule has 0 unspecified atom stereocenters. The Labute approximate surface area is 261 Å². The van der Waals surface area contributed by atoms with E-state index < -0.39 is 55.4 Å². The number of nitrogens with one attached hydrogen (secondary N) is 4. The molecule has 0 aromatic heterocycles. The van der Waals surface area contributed by atoms with Crippen molar-refractivity contribution in [2.24, 2.45) is 0 Å². The first-order valence-corrected chi connectivity index (χ1v) is 14.6. The van der Waals surface area contributed by atoms with Crippen LogP contribution in [0.4, 0.5) is 18.4 Å². The predicted molar refractivity (Wildman–Crippen MR) is 158 cm³/mol. The first kappa shape index (κ1) is 33.1. The maximum absolute atomic E-state index is 14.2. The minimum atomic E-state index is -1.98. The second-order valence-electron chi connectivity index (χ2n) is 9.70. The normalized spacial score (nSPS) is 19.4. The molecule has 40 heavy (non-hydrogen) atoms. The number of rotatable bonds is 6. The lowest BCUT2D eigenvalue weighted by molar-refractivity contribution is 0.210. The van der Waals surface area contributed by atoms with Crippen LogP contribution >= 0.6 is 69.6 Å². The van der Waals surface area contributed by atoms with Gasteiger partial charge in [0.1, 0.15) is 23.7 Å². The summed E-state index contributed by atoms with van der Waals surface area (Å²) >= 11 is 36.7. The fraction of sp³-hybridized carbons (Fsp3) is 0.462. The fourth-order valence-corrected chi connectivity index (χ4v) is 5.53. The molecule has 1 aliphatic rings. The summed E-state index contributed by atoms with van der Waals surface area (Å²) < 4.78 is 24.4. The zero-order chi connectivity index (χ0) is 29.8. The molecule has 14 heteroatoms. The van der Waals surface area contributed by atoms with E-state index in [1.165, 1.54) is 24.3 Å². The molecule has 4 N–H and O–H groups in total. The molecule has 1 aliphatic carbocycles. The second-order valence-corrected chi connectivity index (χ2v) is 14.4. The molecule has 0 spiro atoms. The number of carbonyl (C=O) groups excluding carboxylic acids is 2. The van der Waals surface area contributed by atoms with Crippen molar-refractivity contribution in [1.29, 1.82) is 0 Å². The average molecular weight is 679 g/mol. The fourth-order valence-electron chi connectivity index (χ4n) is 4.44.